The Morgan fingerprint density at radius 1 is 0.425 bits per heavy atom. The molecule has 3 heteroatoms. The second-order valence-electron chi connectivity index (χ2n) is 10.0. The van der Waals surface area contributed by atoms with Crippen LogP contribution in [0.15, 0.2) is 136 Å². The largest absolute Gasteiger partial charge is 0.455 e. The highest BCUT2D eigenvalue weighted by molar-refractivity contribution is 6.11. The van der Waals surface area contributed by atoms with Crippen LogP contribution in [0.3, 0.4) is 0 Å². The number of nitriles is 1. The fourth-order valence-corrected chi connectivity index (χ4v) is 5.79. The average Bonchev–Trinajstić information content (AvgIpc) is 3.59. The van der Waals surface area contributed by atoms with Crippen LogP contribution in [0.25, 0.3) is 77.3 Å². The van der Waals surface area contributed by atoms with Crippen molar-refractivity contribution in [2.24, 2.45) is 0 Å². The average molecular weight is 512 g/mol. The lowest BCUT2D eigenvalue weighted by atomic mass is 9.92. The van der Waals surface area contributed by atoms with Crippen LogP contribution in [-0.4, -0.2) is 0 Å². The van der Waals surface area contributed by atoms with E-state index in [-0.39, 0.29) is 0 Å². The predicted molar refractivity (Wildman–Crippen MR) is 162 cm³/mol. The zero-order valence-corrected chi connectivity index (χ0v) is 21.4. The Hall–Kier alpha value is -5.59. The lowest BCUT2D eigenvalue weighted by Gasteiger charge is -2.12. The van der Waals surface area contributed by atoms with Crippen molar-refractivity contribution in [2.45, 2.75) is 0 Å². The highest BCUT2D eigenvalue weighted by Crippen LogP contribution is 2.41. The fraction of sp³-hybridized carbons (Fsp3) is 0. The number of hydrogen-bond acceptors (Lipinski definition) is 3. The fourth-order valence-electron chi connectivity index (χ4n) is 5.79. The molecule has 0 aliphatic rings. The molecule has 0 spiro atoms. The van der Waals surface area contributed by atoms with E-state index in [1.54, 1.807) is 0 Å². The maximum Gasteiger partial charge on any atom is 0.143 e. The van der Waals surface area contributed by atoms with Crippen molar-refractivity contribution in [3.05, 3.63) is 133 Å². The van der Waals surface area contributed by atoms with Crippen LogP contribution in [-0.2, 0) is 0 Å². The van der Waals surface area contributed by atoms with Crippen LogP contribution in [0.2, 0.25) is 0 Å². The zero-order valence-electron chi connectivity index (χ0n) is 21.4. The van der Waals surface area contributed by atoms with Crippen molar-refractivity contribution in [1.29, 1.82) is 5.26 Å². The molecule has 0 saturated heterocycles. The highest BCUT2D eigenvalue weighted by atomic mass is 16.3. The third kappa shape index (κ3) is 3.44. The van der Waals surface area contributed by atoms with Gasteiger partial charge in [0.15, 0.2) is 0 Å². The number of fused-ring (bicyclic) bond motifs is 6. The topological polar surface area (TPSA) is 50.1 Å². The van der Waals surface area contributed by atoms with Gasteiger partial charge in [0.2, 0.25) is 0 Å². The highest BCUT2D eigenvalue weighted by Gasteiger charge is 2.17. The summed E-state index contributed by atoms with van der Waals surface area (Å²) in [6.45, 7) is 0. The molecule has 2 heterocycles. The van der Waals surface area contributed by atoms with Gasteiger partial charge in [-0.3, -0.25) is 0 Å². The lowest BCUT2D eigenvalue weighted by Crippen LogP contribution is -1.87. The first-order valence-electron chi connectivity index (χ1n) is 13.2. The van der Waals surface area contributed by atoms with Crippen molar-refractivity contribution < 1.29 is 8.83 Å². The summed E-state index contributed by atoms with van der Waals surface area (Å²) in [6.07, 6.45) is 0. The van der Waals surface area contributed by atoms with Crippen molar-refractivity contribution in [2.75, 3.05) is 0 Å². The molecule has 8 rings (SSSR count). The monoisotopic (exact) mass is 511 g/mol. The molecule has 40 heavy (non-hydrogen) atoms. The minimum atomic E-state index is 0.638. The number of hydrogen-bond donors (Lipinski definition) is 0. The van der Waals surface area contributed by atoms with Gasteiger partial charge < -0.3 is 8.83 Å². The molecule has 3 nitrogen and oxygen atoms in total. The van der Waals surface area contributed by atoms with E-state index in [1.165, 1.54) is 0 Å². The first kappa shape index (κ1) is 22.4. The minimum absolute atomic E-state index is 0.638. The van der Waals surface area contributed by atoms with Crippen LogP contribution in [0, 0.1) is 11.3 Å². The molecular formula is C37H21NO2. The molecule has 0 radical (unpaired) electrons. The van der Waals surface area contributed by atoms with Crippen LogP contribution in [0.5, 0.6) is 0 Å². The van der Waals surface area contributed by atoms with Gasteiger partial charge in [-0.15, -0.1) is 0 Å². The number of furan rings is 2. The van der Waals surface area contributed by atoms with E-state index in [2.05, 4.69) is 72.8 Å². The van der Waals surface area contributed by atoms with Crippen molar-refractivity contribution in [3.63, 3.8) is 0 Å². The van der Waals surface area contributed by atoms with E-state index in [0.29, 0.717) is 5.56 Å². The molecule has 0 fully saturated rings. The Morgan fingerprint density at radius 3 is 1.43 bits per heavy atom. The molecule has 0 amide bonds. The molecule has 8 aromatic rings. The van der Waals surface area contributed by atoms with Gasteiger partial charge >= 0.3 is 0 Å². The second kappa shape index (κ2) is 8.73. The van der Waals surface area contributed by atoms with Gasteiger partial charge in [-0.25, -0.2) is 0 Å². The minimum Gasteiger partial charge on any atom is -0.455 e. The molecule has 0 bridgehead atoms. The van der Waals surface area contributed by atoms with Crippen molar-refractivity contribution >= 4 is 43.9 Å². The summed E-state index contributed by atoms with van der Waals surface area (Å²) in [5, 5.41) is 13.7. The Balaban J connectivity index is 1.42. The van der Waals surface area contributed by atoms with Crippen molar-refractivity contribution in [3.8, 4) is 39.4 Å². The maximum absolute atomic E-state index is 9.33. The lowest BCUT2D eigenvalue weighted by molar-refractivity contribution is 0.670. The van der Waals surface area contributed by atoms with Crippen LogP contribution in [0.4, 0.5) is 0 Å². The van der Waals surface area contributed by atoms with Crippen LogP contribution < -0.4 is 0 Å². The quantitative estimate of drug-likeness (QED) is 0.237. The number of nitrogens with zero attached hydrogens (tertiary/aromatic N) is 1. The van der Waals surface area contributed by atoms with Crippen molar-refractivity contribution in [1.82, 2.24) is 0 Å². The van der Waals surface area contributed by atoms with Gasteiger partial charge in [0, 0.05) is 32.7 Å². The van der Waals surface area contributed by atoms with Gasteiger partial charge in [-0.05, 0) is 64.7 Å². The van der Waals surface area contributed by atoms with Gasteiger partial charge in [0.25, 0.3) is 0 Å². The second-order valence-corrected chi connectivity index (χ2v) is 10.0. The summed E-state index contributed by atoms with van der Waals surface area (Å²) >= 11 is 0. The predicted octanol–water partition coefficient (Wildman–Crippen LogP) is 10.4. The molecule has 0 saturated carbocycles. The molecule has 0 aliphatic heterocycles. The van der Waals surface area contributed by atoms with Gasteiger partial charge in [0.05, 0.1) is 11.6 Å². The summed E-state index contributed by atoms with van der Waals surface area (Å²) in [6, 6.07) is 45.6. The Kier molecular flexibility index (Phi) is 4.89. The Morgan fingerprint density at radius 2 is 0.900 bits per heavy atom. The van der Waals surface area contributed by atoms with E-state index < -0.39 is 0 Å². The summed E-state index contributed by atoms with van der Waals surface area (Å²) in [7, 11) is 0. The number of para-hydroxylation sites is 4. The standard InChI is InChI=1S/C37H21NO2/c38-22-23-15-17-24(18-16-23)25-19-26(28-9-5-11-32-30-7-1-3-13-34(30)39-36(28)32)21-27(20-25)29-10-6-12-33-31-8-2-4-14-35(31)40-37(29)33/h1-21H. The summed E-state index contributed by atoms with van der Waals surface area (Å²) in [5.41, 5.74) is 10.4. The molecule has 0 aliphatic carbocycles. The molecule has 186 valence electrons. The smallest absolute Gasteiger partial charge is 0.143 e. The van der Waals surface area contributed by atoms with Gasteiger partial charge in [0.1, 0.15) is 22.3 Å². The Labute approximate surface area is 230 Å². The number of rotatable bonds is 3. The Bertz CT molecular complexity index is 2140. The SMILES string of the molecule is N#Cc1ccc(-c2cc(-c3cccc4c3oc3ccccc34)cc(-c3cccc4c3oc3ccccc34)c2)cc1. The molecule has 6 aromatic carbocycles. The molecule has 0 atom stereocenters. The summed E-state index contributed by atoms with van der Waals surface area (Å²) < 4.78 is 12.8. The molecular weight excluding hydrogens is 490 g/mol. The summed E-state index contributed by atoms with van der Waals surface area (Å²) in [4.78, 5) is 0. The first-order chi connectivity index (χ1) is 19.8. The van der Waals surface area contributed by atoms with Crippen LogP contribution in [0.1, 0.15) is 5.56 Å². The van der Waals surface area contributed by atoms with Gasteiger partial charge in [-0.2, -0.15) is 5.26 Å². The van der Waals surface area contributed by atoms with E-state index in [0.717, 1.165) is 77.3 Å². The molecule has 0 N–H and O–H groups in total. The first-order valence-corrected chi connectivity index (χ1v) is 13.2. The summed E-state index contributed by atoms with van der Waals surface area (Å²) in [5.74, 6) is 0. The normalized spacial score (nSPS) is 11.5. The third-order valence-corrected chi connectivity index (χ3v) is 7.71. The molecule has 0 unspecified atom stereocenters. The molecule has 2 aromatic heterocycles. The maximum atomic E-state index is 9.33. The van der Waals surface area contributed by atoms with Crippen LogP contribution >= 0.6 is 0 Å². The van der Waals surface area contributed by atoms with E-state index in [4.69, 9.17) is 8.83 Å². The van der Waals surface area contributed by atoms with Gasteiger partial charge in [-0.1, -0.05) is 84.9 Å². The third-order valence-electron chi connectivity index (χ3n) is 7.71. The van der Waals surface area contributed by atoms with E-state index in [9.17, 15) is 5.26 Å². The van der Waals surface area contributed by atoms with E-state index in [1.807, 2.05) is 60.7 Å². The number of benzene rings is 6. The zero-order chi connectivity index (χ0) is 26.6. The van der Waals surface area contributed by atoms with E-state index >= 15 is 0 Å².